The van der Waals surface area contributed by atoms with Crippen molar-refractivity contribution in [2.24, 2.45) is 5.73 Å². The van der Waals surface area contributed by atoms with Crippen LogP contribution in [-0.2, 0) is 4.79 Å². The molecular weight excluding hydrogens is 284 g/mol. The van der Waals surface area contributed by atoms with Gasteiger partial charge in [0.2, 0.25) is 0 Å². The summed E-state index contributed by atoms with van der Waals surface area (Å²) in [6.45, 7) is 2.02. The van der Waals surface area contributed by atoms with Crippen molar-refractivity contribution < 1.29 is 9.90 Å². The van der Waals surface area contributed by atoms with Gasteiger partial charge in [-0.05, 0) is 23.3 Å². The van der Waals surface area contributed by atoms with Crippen LogP contribution in [0.15, 0.2) is 42.5 Å². The first-order valence-corrected chi connectivity index (χ1v) is 8.02. The van der Waals surface area contributed by atoms with Crippen LogP contribution >= 0.6 is 11.8 Å². The van der Waals surface area contributed by atoms with Gasteiger partial charge < -0.3 is 10.8 Å². The number of carboxylic acids is 1. The quantitative estimate of drug-likeness (QED) is 0.795. The Kier molecular flexibility index (Phi) is 5.61. The van der Waals surface area contributed by atoms with Crippen molar-refractivity contribution in [2.45, 2.75) is 19.0 Å². The van der Waals surface area contributed by atoms with E-state index in [1.165, 1.54) is 16.3 Å². The van der Waals surface area contributed by atoms with Crippen molar-refractivity contribution in [3.05, 3.63) is 48.0 Å². The molecule has 0 spiro atoms. The average molecular weight is 304 g/mol. The van der Waals surface area contributed by atoms with Crippen LogP contribution in [0.4, 0.5) is 0 Å². The Hall–Kier alpha value is -1.56. The van der Waals surface area contributed by atoms with E-state index < -0.39 is 5.97 Å². The smallest absolute Gasteiger partial charge is 0.321 e. The van der Waals surface area contributed by atoms with Gasteiger partial charge in [0, 0.05) is 17.7 Å². The van der Waals surface area contributed by atoms with Gasteiger partial charge in [0.05, 0.1) is 0 Å². The summed E-state index contributed by atoms with van der Waals surface area (Å²) in [7, 11) is 0. The summed E-state index contributed by atoms with van der Waals surface area (Å²) in [6, 6.07) is 14.4. The molecule has 2 aromatic carbocycles. The zero-order valence-electron chi connectivity index (χ0n) is 12.0. The molecule has 1 aliphatic rings. The number of thioether (sulfide) groups is 1. The topological polar surface area (TPSA) is 75.4 Å². The summed E-state index contributed by atoms with van der Waals surface area (Å²) in [5.74, 6) is 0.738. The number of hydrogen-bond donors (Lipinski definition) is 3. The molecule has 0 saturated carbocycles. The molecule has 4 nitrogen and oxygen atoms in total. The number of benzene rings is 2. The second kappa shape index (κ2) is 7.45. The molecule has 3 rings (SSSR count). The van der Waals surface area contributed by atoms with Crippen LogP contribution in [0.25, 0.3) is 10.8 Å². The molecule has 1 heterocycles. The predicted molar refractivity (Wildman–Crippen MR) is 88.4 cm³/mol. The maximum atomic E-state index is 10.1. The molecule has 1 aliphatic heterocycles. The van der Waals surface area contributed by atoms with Crippen molar-refractivity contribution in [2.75, 3.05) is 11.6 Å². The van der Waals surface area contributed by atoms with Gasteiger partial charge in [-0.25, -0.2) is 0 Å². The van der Waals surface area contributed by atoms with Crippen LogP contribution in [0.3, 0.4) is 0 Å². The number of carboxylic acid groups (broad SMARTS) is 1. The summed E-state index contributed by atoms with van der Waals surface area (Å²) in [4.78, 5) is 10.1. The largest absolute Gasteiger partial charge is 0.480 e. The zero-order valence-corrected chi connectivity index (χ0v) is 12.8. The third-order valence-corrected chi connectivity index (χ3v) is 4.27. The van der Waals surface area contributed by atoms with E-state index >= 15 is 0 Å². The van der Waals surface area contributed by atoms with E-state index in [-0.39, 0.29) is 12.1 Å². The normalized spacial score (nSPS) is 18.9. The Morgan fingerprint density at radius 1 is 1.33 bits per heavy atom. The van der Waals surface area contributed by atoms with E-state index in [0.29, 0.717) is 5.75 Å². The van der Waals surface area contributed by atoms with Crippen LogP contribution in [0.2, 0.25) is 0 Å². The fourth-order valence-corrected chi connectivity index (χ4v) is 3.13. The van der Waals surface area contributed by atoms with Crippen LogP contribution in [0.1, 0.15) is 18.5 Å². The highest BCUT2D eigenvalue weighted by atomic mass is 32.2. The number of fused-ring (bicyclic) bond motifs is 1. The molecule has 0 bridgehead atoms. The van der Waals surface area contributed by atoms with Crippen LogP contribution < -0.4 is 11.1 Å². The van der Waals surface area contributed by atoms with E-state index in [9.17, 15) is 4.79 Å². The molecule has 112 valence electrons. The Morgan fingerprint density at radius 3 is 2.62 bits per heavy atom. The van der Waals surface area contributed by atoms with Gasteiger partial charge in [-0.1, -0.05) is 42.5 Å². The van der Waals surface area contributed by atoms with E-state index in [2.05, 4.69) is 35.6 Å². The minimum Gasteiger partial charge on any atom is -0.480 e. The highest BCUT2D eigenvalue weighted by Crippen LogP contribution is 2.22. The molecule has 0 radical (unpaired) electrons. The maximum absolute atomic E-state index is 10.1. The van der Waals surface area contributed by atoms with Gasteiger partial charge >= 0.3 is 5.97 Å². The minimum atomic E-state index is -0.741. The van der Waals surface area contributed by atoms with E-state index in [0.717, 1.165) is 5.88 Å². The molecular formula is C16H20N2O2S. The van der Waals surface area contributed by atoms with E-state index in [1.54, 1.807) is 11.8 Å². The fourth-order valence-electron chi connectivity index (χ4n) is 2.20. The van der Waals surface area contributed by atoms with E-state index in [4.69, 9.17) is 10.8 Å². The number of nitrogens with two attached hydrogens (primary N) is 1. The first kappa shape index (κ1) is 15.8. The lowest BCUT2D eigenvalue weighted by molar-refractivity contribution is -0.138. The Balaban J connectivity index is 0.000000173. The highest BCUT2D eigenvalue weighted by molar-refractivity contribution is 7.99. The molecule has 2 aromatic rings. The standard InChI is InChI=1S/C12H13N.C4H7NO2S/c1-9(13)11-8-4-6-10-5-2-3-7-12(10)11;6-4(7)3-1-8-2-5-3/h2-9H,13H2,1H3;3,5H,1-2H2,(H,6,7). The van der Waals surface area contributed by atoms with Crippen molar-refractivity contribution in [3.63, 3.8) is 0 Å². The lowest BCUT2D eigenvalue weighted by Crippen LogP contribution is -2.32. The highest BCUT2D eigenvalue weighted by Gasteiger charge is 2.20. The summed E-state index contributed by atoms with van der Waals surface area (Å²) < 4.78 is 0. The Morgan fingerprint density at radius 2 is 2.05 bits per heavy atom. The summed E-state index contributed by atoms with van der Waals surface area (Å²) >= 11 is 1.62. The first-order valence-electron chi connectivity index (χ1n) is 6.86. The maximum Gasteiger partial charge on any atom is 0.321 e. The molecule has 1 saturated heterocycles. The summed E-state index contributed by atoms with van der Waals surface area (Å²) in [6.07, 6.45) is 0. The zero-order chi connectivity index (χ0) is 15.2. The van der Waals surface area contributed by atoms with Gasteiger partial charge in [0.1, 0.15) is 6.04 Å². The third kappa shape index (κ3) is 4.20. The molecule has 5 heteroatoms. The van der Waals surface area contributed by atoms with Crippen LogP contribution in [0.5, 0.6) is 0 Å². The second-order valence-electron chi connectivity index (χ2n) is 4.97. The number of rotatable bonds is 2. The van der Waals surface area contributed by atoms with Crippen molar-refractivity contribution in [1.29, 1.82) is 0 Å². The van der Waals surface area contributed by atoms with Crippen LogP contribution in [-0.4, -0.2) is 28.7 Å². The molecule has 21 heavy (non-hydrogen) atoms. The number of carbonyl (C=O) groups is 1. The molecule has 0 amide bonds. The molecule has 2 atom stereocenters. The van der Waals surface area contributed by atoms with Crippen molar-refractivity contribution in [3.8, 4) is 0 Å². The molecule has 4 N–H and O–H groups in total. The van der Waals surface area contributed by atoms with Gasteiger partial charge in [-0.2, -0.15) is 0 Å². The lowest BCUT2D eigenvalue weighted by Gasteiger charge is -2.09. The predicted octanol–water partition coefficient (Wildman–Crippen LogP) is 2.59. The number of nitrogens with one attached hydrogen (secondary N) is 1. The molecule has 2 unspecified atom stereocenters. The first-order chi connectivity index (χ1) is 10.1. The summed E-state index contributed by atoms with van der Waals surface area (Å²) in [5.41, 5.74) is 7.10. The van der Waals surface area contributed by atoms with Gasteiger partial charge in [-0.15, -0.1) is 11.8 Å². The van der Waals surface area contributed by atoms with E-state index in [1.807, 2.05) is 19.1 Å². The number of aliphatic carboxylic acids is 1. The van der Waals surface area contributed by atoms with Gasteiger partial charge in [-0.3, -0.25) is 10.1 Å². The number of hydrogen-bond acceptors (Lipinski definition) is 4. The monoisotopic (exact) mass is 304 g/mol. The fraction of sp³-hybridized carbons (Fsp3) is 0.312. The molecule has 0 aromatic heterocycles. The minimum absolute atomic E-state index is 0.103. The third-order valence-electron chi connectivity index (χ3n) is 3.33. The Bertz CT molecular complexity index is 605. The average Bonchev–Trinajstić information content (AvgIpc) is 3.01. The SMILES string of the molecule is CC(N)c1cccc2ccccc12.O=C(O)C1CSCN1. The lowest BCUT2D eigenvalue weighted by atomic mass is 10.0. The Labute approximate surface area is 128 Å². The van der Waals surface area contributed by atoms with Crippen molar-refractivity contribution >= 4 is 28.5 Å². The van der Waals surface area contributed by atoms with Crippen LogP contribution in [0, 0.1) is 0 Å². The van der Waals surface area contributed by atoms with Gasteiger partial charge in [0.25, 0.3) is 0 Å². The summed E-state index contributed by atoms with van der Waals surface area (Å²) in [5, 5.41) is 13.7. The second-order valence-corrected chi connectivity index (χ2v) is 6.00. The molecule has 1 fully saturated rings. The van der Waals surface area contributed by atoms with Crippen molar-refractivity contribution in [1.82, 2.24) is 5.32 Å². The van der Waals surface area contributed by atoms with Gasteiger partial charge in [0.15, 0.2) is 0 Å². The molecule has 0 aliphatic carbocycles.